The van der Waals surface area contributed by atoms with E-state index in [-0.39, 0.29) is 18.5 Å². The molecule has 1 amide bonds. The summed E-state index contributed by atoms with van der Waals surface area (Å²) < 4.78 is 0. The zero-order valence-corrected chi connectivity index (χ0v) is 12.3. The van der Waals surface area contributed by atoms with Gasteiger partial charge in [-0.05, 0) is 33.4 Å². The fraction of sp³-hybridized carbons (Fsp3) is 0.786. The maximum atomic E-state index is 11.7. The third-order valence-electron chi connectivity index (χ3n) is 2.59. The van der Waals surface area contributed by atoms with Gasteiger partial charge in [-0.15, -0.1) is 6.42 Å². The fourth-order valence-electron chi connectivity index (χ4n) is 1.93. The molecule has 2 N–H and O–H groups in total. The SMILES string of the molecule is C#CCNC(=O)C(C)NC(CC(C)C)CN(C)C. The molecule has 0 radical (unpaired) electrons. The lowest BCUT2D eigenvalue weighted by molar-refractivity contribution is -0.122. The molecule has 2 unspecified atom stereocenters. The zero-order valence-electron chi connectivity index (χ0n) is 12.3. The summed E-state index contributed by atoms with van der Waals surface area (Å²) in [6.45, 7) is 7.45. The summed E-state index contributed by atoms with van der Waals surface area (Å²) in [6.07, 6.45) is 6.16. The van der Waals surface area contributed by atoms with Crippen molar-refractivity contribution in [2.75, 3.05) is 27.2 Å². The Balaban J connectivity index is 4.28. The Morgan fingerprint density at radius 2 is 1.94 bits per heavy atom. The van der Waals surface area contributed by atoms with E-state index >= 15 is 0 Å². The van der Waals surface area contributed by atoms with Crippen LogP contribution in [-0.4, -0.2) is 50.1 Å². The predicted molar refractivity (Wildman–Crippen MR) is 76.2 cm³/mol. The highest BCUT2D eigenvalue weighted by Crippen LogP contribution is 2.06. The third-order valence-corrected chi connectivity index (χ3v) is 2.59. The van der Waals surface area contributed by atoms with Crippen molar-refractivity contribution < 1.29 is 4.79 Å². The van der Waals surface area contributed by atoms with Gasteiger partial charge in [0.25, 0.3) is 0 Å². The zero-order chi connectivity index (χ0) is 14.1. The van der Waals surface area contributed by atoms with Gasteiger partial charge in [-0.25, -0.2) is 0 Å². The van der Waals surface area contributed by atoms with E-state index in [1.165, 1.54) is 0 Å². The summed E-state index contributed by atoms with van der Waals surface area (Å²) in [4.78, 5) is 13.9. The molecule has 0 saturated heterocycles. The third kappa shape index (κ3) is 8.10. The highest BCUT2D eigenvalue weighted by atomic mass is 16.2. The van der Waals surface area contributed by atoms with Crippen molar-refractivity contribution in [3.8, 4) is 12.3 Å². The van der Waals surface area contributed by atoms with E-state index in [9.17, 15) is 4.79 Å². The molecule has 4 heteroatoms. The largest absolute Gasteiger partial charge is 0.344 e. The van der Waals surface area contributed by atoms with Crippen LogP contribution < -0.4 is 10.6 Å². The second kappa shape index (κ2) is 8.96. The molecule has 0 bridgehead atoms. The molecule has 0 fully saturated rings. The van der Waals surface area contributed by atoms with E-state index in [2.05, 4.69) is 35.3 Å². The number of nitrogens with one attached hydrogen (secondary N) is 2. The maximum Gasteiger partial charge on any atom is 0.237 e. The van der Waals surface area contributed by atoms with E-state index in [0.717, 1.165) is 13.0 Å². The molecule has 104 valence electrons. The number of nitrogens with zero attached hydrogens (tertiary/aromatic N) is 1. The minimum absolute atomic E-state index is 0.0412. The molecular weight excluding hydrogens is 226 g/mol. The molecule has 0 heterocycles. The van der Waals surface area contributed by atoms with Crippen LogP contribution in [0, 0.1) is 18.3 Å². The van der Waals surface area contributed by atoms with Gasteiger partial charge in [0.2, 0.25) is 5.91 Å². The van der Waals surface area contributed by atoms with Gasteiger partial charge in [0.1, 0.15) is 0 Å². The molecular formula is C14H27N3O. The molecule has 0 spiro atoms. The van der Waals surface area contributed by atoms with Crippen LogP contribution >= 0.6 is 0 Å². The number of terminal acetylenes is 1. The second-order valence-corrected chi connectivity index (χ2v) is 5.40. The number of rotatable bonds is 8. The molecule has 0 rings (SSSR count). The van der Waals surface area contributed by atoms with E-state index in [0.29, 0.717) is 12.0 Å². The summed E-state index contributed by atoms with van der Waals surface area (Å²) in [5.41, 5.74) is 0. The van der Waals surface area contributed by atoms with Gasteiger partial charge in [-0.2, -0.15) is 0 Å². The highest BCUT2D eigenvalue weighted by molar-refractivity contribution is 5.81. The lowest BCUT2D eigenvalue weighted by Crippen LogP contribution is -2.50. The van der Waals surface area contributed by atoms with Crippen LogP contribution in [0.15, 0.2) is 0 Å². The lowest BCUT2D eigenvalue weighted by atomic mass is 10.0. The first-order valence-electron chi connectivity index (χ1n) is 6.48. The summed E-state index contributed by atoms with van der Waals surface area (Å²) in [6, 6.07) is 0.0913. The maximum absolute atomic E-state index is 11.7. The molecule has 0 aromatic heterocycles. The van der Waals surface area contributed by atoms with Gasteiger partial charge in [0, 0.05) is 12.6 Å². The van der Waals surface area contributed by atoms with E-state index < -0.39 is 0 Å². The van der Waals surface area contributed by atoms with Crippen molar-refractivity contribution in [2.24, 2.45) is 5.92 Å². The first-order chi connectivity index (χ1) is 8.36. The average molecular weight is 253 g/mol. The van der Waals surface area contributed by atoms with Gasteiger partial charge < -0.3 is 15.5 Å². The molecule has 4 nitrogen and oxygen atoms in total. The minimum atomic E-state index is -0.220. The van der Waals surface area contributed by atoms with Crippen molar-refractivity contribution in [2.45, 2.75) is 39.3 Å². The normalized spacial score (nSPS) is 14.3. The second-order valence-electron chi connectivity index (χ2n) is 5.40. The van der Waals surface area contributed by atoms with Crippen LogP contribution in [-0.2, 0) is 4.79 Å². The van der Waals surface area contributed by atoms with Crippen LogP contribution in [0.1, 0.15) is 27.2 Å². The topological polar surface area (TPSA) is 44.4 Å². The van der Waals surface area contributed by atoms with Gasteiger partial charge in [0.05, 0.1) is 12.6 Å². The lowest BCUT2D eigenvalue weighted by Gasteiger charge is -2.26. The first-order valence-corrected chi connectivity index (χ1v) is 6.48. The van der Waals surface area contributed by atoms with Crippen molar-refractivity contribution >= 4 is 5.91 Å². The Labute approximate surface area is 112 Å². The van der Waals surface area contributed by atoms with Crippen LogP contribution in [0.3, 0.4) is 0 Å². The average Bonchev–Trinajstić information content (AvgIpc) is 2.23. The monoisotopic (exact) mass is 253 g/mol. The molecule has 0 aliphatic heterocycles. The fourth-order valence-corrected chi connectivity index (χ4v) is 1.93. The summed E-state index contributed by atoms with van der Waals surface area (Å²) in [5, 5.41) is 6.06. The summed E-state index contributed by atoms with van der Waals surface area (Å²) in [7, 11) is 4.08. The smallest absolute Gasteiger partial charge is 0.237 e. The van der Waals surface area contributed by atoms with E-state index in [1.54, 1.807) is 0 Å². The van der Waals surface area contributed by atoms with Crippen LogP contribution in [0.25, 0.3) is 0 Å². The Morgan fingerprint density at radius 1 is 1.33 bits per heavy atom. The Morgan fingerprint density at radius 3 is 2.39 bits per heavy atom. The molecule has 0 aromatic rings. The standard InChI is InChI=1S/C14H27N3O/c1-7-8-15-14(18)12(4)16-13(9-11(2)3)10-17(5)6/h1,11-13,16H,8-10H2,2-6H3,(H,15,18). The number of hydrogen-bond acceptors (Lipinski definition) is 3. The van der Waals surface area contributed by atoms with Crippen molar-refractivity contribution in [1.29, 1.82) is 0 Å². The van der Waals surface area contributed by atoms with Crippen molar-refractivity contribution in [3.63, 3.8) is 0 Å². The first kappa shape index (κ1) is 16.9. The Kier molecular flexibility index (Phi) is 8.43. The summed E-state index contributed by atoms with van der Waals surface area (Å²) >= 11 is 0. The van der Waals surface area contributed by atoms with Crippen LogP contribution in [0.2, 0.25) is 0 Å². The van der Waals surface area contributed by atoms with Gasteiger partial charge in [-0.1, -0.05) is 19.8 Å². The van der Waals surface area contributed by atoms with Gasteiger partial charge in [-0.3, -0.25) is 4.79 Å². The number of carbonyl (C=O) groups is 1. The minimum Gasteiger partial charge on any atom is -0.344 e. The Bertz CT molecular complexity index is 271. The molecule has 0 aromatic carbocycles. The van der Waals surface area contributed by atoms with Gasteiger partial charge in [0.15, 0.2) is 0 Å². The molecule has 18 heavy (non-hydrogen) atoms. The predicted octanol–water partition coefficient (Wildman–Crippen LogP) is 0.690. The van der Waals surface area contributed by atoms with Gasteiger partial charge >= 0.3 is 0 Å². The van der Waals surface area contributed by atoms with E-state index in [4.69, 9.17) is 6.42 Å². The quantitative estimate of drug-likeness (QED) is 0.626. The van der Waals surface area contributed by atoms with Crippen molar-refractivity contribution in [1.82, 2.24) is 15.5 Å². The van der Waals surface area contributed by atoms with Crippen LogP contribution in [0.4, 0.5) is 0 Å². The highest BCUT2D eigenvalue weighted by Gasteiger charge is 2.18. The van der Waals surface area contributed by atoms with Crippen molar-refractivity contribution in [3.05, 3.63) is 0 Å². The molecule has 2 atom stereocenters. The molecule has 0 saturated carbocycles. The number of amides is 1. The summed E-state index contributed by atoms with van der Waals surface area (Å²) in [5.74, 6) is 2.96. The molecule has 0 aliphatic carbocycles. The van der Waals surface area contributed by atoms with E-state index in [1.807, 2.05) is 21.0 Å². The number of hydrogen-bond donors (Lipinski definition) is 2. The van der Waals surface area contributed by atoms with Crippen LogP contribution in [0.5, 0.6) is 0 Å². The Hall–Kier alpha value is -1.05. The number of likely N-dealkylation sites (N-methyl/N-ethyl adjacent to an activating group) is 1. The number of carbonyl (C=O) groups excluding carboxylic acids is 1. The molecule has 0 aliphatic rings.